The Morgan fingerprint density at radius 3 is 2.64 bits per heavy atom. The number of nitrogens with one attached hydrogen (secondary N) is 1. The largest absolute Gasteiger partial charge is 0.342 e. The first-order valence-electron chi connectivity index (χ1n) is 8.28. The Labute approximate surface area is 147 Å². The number of sulfone groups is 1. The van der Waals surface area contributed by atoms with Gasteiger partial charge in [0, 0.05) is 25.3 Å². The van der Waals surface area contributed by atoms with Crippen molar-refractivity contribution < 1.29 is 13.2 Å². The fraction of sp³-hybridized carbons (Fsp3) is 0.471. The molecule has 0 saturated carbocycles. The van der Waals surface area contributed by atoms with Crippen LogP contribution in [0.2, 0.25) is 0 Å². The summed E-state index contributed by atoms with van der Waals surface area (Å²) in [6.45, 7) is 3.22. The molecule has 1 atom stereocenters. The average Bonchev–Trinajstić information content (AvgIpc) is 3.01. The van der Waals surface area contributed by atoms with Gasteiger partial charge in [-0.25, -0.2) is 13.4 Å². The van der Waals surface area contributed by atoms with E-state index in [1.54, 1.807) is 24.3 Å². The van der Waals surface area contributed by atoms with Gasteiger partial charge in [-0.2, -0.15) is 5.10 Å². The lowest BCUT2D eigenvalue weighted by molar-refractivity contribution is -0.131. The zero-order chi connectivity index (χ0) is 18.0. The van der Waals surface area contributed by atoms with Crippen molar-refractivity contribution in [3.8, 4) is 0 Å². The number of rotatable bonds is 4. The fourth-order valence-corrected chi connectivity index (χ4v) is 3.73. The van der Waals surface area contributed by atoms with Gasteiger partial charge in [-0.1, -0.05) is 12.1 Å². The lowest BCUT2D eigenvalue weighted by atomic mass is 9.97. The Morgan fingerprint density at radius 1 is 1.32 bits per heavy atom. The van der Waals surface area contributed by atoms with Crippen LogP contribution in [0.15, 0.2) is 29.2 Å². The second-order valence-electron chi connectivity index (χ2n) is 6.55. The molecule has 0 aliphatic carbocycles. The van der Waals surface area contributed by atoms with Gasteiger partial charge in [0.15, 0.2) is 15.7 Å². The summed E-state index contributed by atoms with van der Waals surface area (Å²) >= 11 is 0. The third-order valence-electron chi connectivity index (χ3n) is 4.46. The molecule has 0 bridgehead atoms. The summed E-state index contributed by atoms with van der Waals surface area (Å²) in [5.41, 5.74) is 0.813. The van der Waals surface area contributed by atoms with Gasteiger partial charge >= 0.3 is 0 Å². The predicted molar refractivity (Wildman–Crippen MR) is 92.9 cm³/mol. The number of aryl methyl sites for hydroxylation is 1. The minimum atomic E-state index is -3.22. The lowest BCUT2D eigenvalue weighted by Gasteiger charge is -2.31. The summed E-state index contributed by atoms with van der Waals surface area (Å²) in [7, 11) is -3.22. The number of nitrogens with zero attached hydrogens (tertiary/aromatic N) is 3. The quantitative estimate of drug-likeness (QED) is 0.888. The van der Waals surface area contributed by atoms with E-state index in [1.807, 2.05) is 11.8 Å². The molecule has 25 heavy (non-hydrogen) atoms. The van der Waals surface area contributed by atoms with Gasteiger partial charge in [0.2, 0.25) is 5.91 Å². The topological polar surface area (TPSA) is 96.0 Å². The summed E-state index contributed by atoms with van der Waals surface area (Å²) in [5, 5.41) is 7.07. The van der Waals surface area contributed by atoms with Crippen molar-refractivity contribution in [2.75, 3.05) is 19.3 Å². The van der Waals surface area contributed by atoms with Crippen molar-refractivity contribution in [3.05, 3.63) is 41.5 Å². The number of hydrogen-bond acceptors (Lipinski definition) is 5. The predicted octanol–water partition coefficient (Wildman–Crippen LogP) is 1.47. The zero-order valence-electron chi connectivity index (χ0n) is 14.4. The van der Waals surface area contributed by atoms with Crippen LogP contribution < -0.4 is 0 Å². The van der Waals surface area contributed by atoms with E-state index in [2.05, 4.69) is 15.2 Å². The number of piperidine rings is 1. The maximum atomic E-state index is 12.6. The number of carbonyl (C=O) groups is 1. The van der Waals surface area contributed by atoms with Gasteiger partial charge in [0.25, 0.3) is 0 Å². The van der Waals surface area contributed by atoms with Gasteiger partial charge in [-0.3, -0.25) is 9.89 Å². The number of aromatic nitrogens is 3. The molecule has 1 saturated heterocycles. The number of hydrogen-bond donors (Lipinski definition) is 1. The van der Waals surface area contributed by atoms with Crippen molar-refractivity contribution >= 4 is 15.7 Å². The van der Waals surface area contributed by atoms with E-state index in [0.717, 1.165) is 36.6 Å². The van der Waals surface area contributed by atoms with Gasteiger partial charge < -0.3 is 4.90 Å². The number of amides is 1. The second kappa shape index (κ2) is 6.95. The zero-order valence-corrected chi connectivity index (χ0v) is 15.2. The molecule has 134 valence electrons. The summed E-state index contributed by atoms with van der Waals surface area (Å²) in [5.74, 6) is 1.76. The Balaban J connectivity index is 1.64. The normalized spacial score (nSPS) is 18.3. The molecule has 1 aromatic carbocycles. The molecule has 1 aliphatic heterocycles. The molecule has 2 aromatic rings. The van der Waals surface area contributed by atoms with Gasteiger partial charge in [0.1, 0.15) is 5.82 Å². The average molecular weight is 362 g/mol. The monoisotopic (exact) mass is 362 g/mol. The third kappa shape index (κ3) is 4.25. The number of carbonyl (C=O) groups excluding carboxylic acids is 1. The Kier molecular flexibility index (Phi) is 4.89. The van der Waals surface area contributed by atoms with Crippen molar-refractivity contribution in [3.63, 3.8) is 0 Å². The maximum absolute atomic E-state index is 12.6. The molecule has 7 nitrogen and oxygen atoms in total. The van der Waals surface area contributed by atoms with Crippen LogP contribution >= 0.6 is 0 Å². The highest BCUT2D eigenvalue weighted by molar-refractivity contribution is 7.90. The summed E-state index contributed by atoms with van der Waals surface area (Å²) < 4.78 is 23.0. The van der Waals surface area contributed by atoms with E-state index in [-0.39, 0.29) is 23.1 Å². The van der Waals surface area contributed by atoms with Gasteiger partial charge in [-0.05, 0) is 37.5 Å². The first-order valence-corrected chi connectivity index (χ1v) is 10.2. The molecule has 2 heterocycles. The molecule has 8 heteroatoms. The molecular weight excluding hydrogens is 340 g/mol. The Morgan fingerprint density at radius 2 is 2.04 bits per heavy atom. The van der Waals surface area contributed by atoms with Crippen molar-refractivity contribution in [2.45, 2.75) is 37.0 Å². The second-order valence-corrected chi connectivity index (χ2v) is 8.57. The lowest BCUT2D eigenvalue weighted by Crippen LogP contribution is -2.40. The minimum Gasteiger partial charge on any atom is -0.342 e. The molecule has 1 aromatic heterocycles. The van der Waals surface area contributed by atoms with Crippen LogP contribution in [0.5, 0.6) is 0 Å². The number of likely N-dealkylation sites (tertiary alicyclic amines) is 1. The summed E-state index contributed by atoms with van der Waals surface area (Å²) in [6.07, 6.45) is 3.34. The van der Waals surface area contributed by atoms with Crippen molar-refractivity contribution in [1.82, 2.24) is 20.1 Å². The Hall–Kier alpha value is -2.22. The first kappa shape index (κ1) is 17.6. The number of H-pyrrole nitrogens is 1. The third-order valence-corrected chi connectivity index (χ3v) is 5.59. The van der Waals surface area contributed by atoms with Gasteiger partial charge in [0.05, 0.1) is 11.3 Å². The molecule has 0 spiro atoms. The van der Waals surface area contributed by atoms with E-state index in [9.17, 15) is 13.2 Å². The standard InChI is InChI=1S/C17H22N4O3S/c1-12-18-17(20-19-12)14-4-3-9-21(11-14)16(22)10-13-5-7-15(8-6-13)25(2,23)24/h5-8,14H,3-4,9-11H2,1-2H3,(H,18,19,20)/t14-/m0/s1. The van der Waals surface area contributed by atoms with E-state index in [0.29, 0.717) is 6.54 Å². The minimum absolute atomic E-state index is 0.0454. The molecule has 1 N–H and O–H groups in total. The fourth-order valence-electron chi connectivity index (χ4n) is 3.10. The van der Waals surface area contributed by atoms with Crippen LogP contribution in [0.1, 0.15) is 36.0 Å². The van der Waals surface area contributed by atoms with E-state index < -0.39 is 9.84 Å². The molecule has 0 radical (unpaired) electrons. The molecular formula is C17H22N4O3S. The number of benzene rings is 1. The van der Waals surface area contributed by atoms with Crippen LogP contribution in [-0.2, 0) is 21.1 Å². The first-order chi connectivity index (χ1) is 11.8. The van der Waals surface area contributed by atoms with Crippen molar-refractivity contribution in [1.29, 1.82) is 0 Å². The van der Waals surface area contributed by atoms with Crippen LogP contribution in [0.25, 0.3) is 0 Å². The van der Waals surface area contributed by atoms with E-state index >= 15 is 0 Å². The number of aromatic amines is 1. The van der Waals surface area contributed by atoms with Crippen LogP contribution in [0, 0.1) is 6.92 Å². The van der Waals surface area contributed by atoms with E-state index in [4.69, 9.17) is 0 Å². The Bertz CT molecular complexity index is 858. The van der Waals surface area contributed by atoms with Crippen LogP contribution in [-0.4, -0.2) is 53.8 Å². The van der Waals surface area contributed by atoms with Crippen molar-refractivity contribution in [2.24, 2.45) is 0 Å². The molecule has 0 unspecified atom stereocenters. The van der Waals surface area contributed by atoms with Gasteiger partial charge in [-0.15, -0.1) is 0 Å². The smallest absolute Gasteiger partial charge is 0.227 e. The van der Waals surface area contributed by atoms with Crippen LogP contribution in [0.4, 0.5) is 0 Å². The highest BCUT2D eigenvalue weighted by Crippen LogP contribution is 2.25. The molecule has 1 aliphatic rings. The molecule has 3 rings (SSSR count). The summed E-state index contributed by atoms with van der Waals surface area (Å²) in [6, 6.07) is 6.50. The molecule has 1 fully saturated rings. The van der Waals surface area contributed by atoms with Crippen LogP contribution in [0.3, 0.4) is 0 Å². The highest BCUT2D eigenvalue weighted by atomic mass is 32.2. The van der Waals surface area contributed by atoms with E-state index in [1.165, 1.54) is 6.26 Å². The molecule has 1 amide bonds. The summed E-state index contributed by atoms with van der Waals surface area (Å²) in [4.78, 5) is 19.1. The SMILES string of the molecule is Cc1nc([C@H]2CCCN(C(=O)Cc3ccc(S(C)(=O)=O)cc3)C2)n[nH]1. The highest BCUT2D eigenvalue weighted by Gasteiger charge is 2.27. The maximum Gasteiger partial charge on any atom is 0.227 e.